The van der Waals surface area contributed by atoms with Crippen molar-refractivity contribution in [1.82, 2.24) is 4.90 Å². The van der Waals surface area contributed by atoms with Crippen molar-refractivity contribution in [3.8, 4) is 0 Å². The molecular weight excluding hydrogens is 320 g/mol. The van der Waals surface area contributed by atoms with Gasteiger partial charge in [0.15, 0.2) is 0 Å². The summed E-state index contributed by atoms with van der Waals surface area (Å²) in [5.41, 5.74) is 0.754. The maximum Gasteiger partial charge on any atom is 0.308 e. The van der Waals surface area contributed by atoms with Crippen molar-refractivity contribution in [3.63, 3.8) is 0 Å². The molecular formula is C16H19ClN2O4. The molecule has 1 aromatic rings. The minimum atomic E-state index is -0.899. The zero-order valence-corrected chi connectivity index (χ0v) is 13.8. The molecule has 1 aliphatic heterocycles. The monoisotopic (exact) mass is 338 g/mol. The summed E-state index contributed by atoms with van der Waals surface area (Å²) in [4.78, 5) is 36.8. The molecule has 1 saturated heterocycles. The molecule has 1 aliphatic rings. The van der Waals surface area contributed by atoms with E-state index in [4.69, 9.17) is 16.7 Å². The number of halogens is 1. The molecule has 1 heterocycles. The van der Waals surface area contributed by atoms with Crippen LogP contribution in [-0.4, -0.2) is 40.9 Å². The van der Waals surface area contributed by atoms with Gasteiger partial charge in [-0.15, -0.1) is 0 Å². The fourth-order valence-corrected chi connectivity index (χ4v) is 2.57. The Morgan fingerprint density at radius 1 is 1.35 bits per heavy atom. The van der Waals surface area contributed by atoms with E-state index in [-0.39, 0.29) is 34.9 Å². The van der Waals surface area contributed by atoms with Gasteiger partial charge in [-0.3, -0.25) is 14.4 Å². The molecule has 1 unspecified atom stereocenters. The standard InChI is InChI=1S/C16H19ClN2O4/c1-9(2)14(20)18-11-3-4-13(17)12(7-11)15(21)19-6-5-10(8-19)16(22)23/h3-4,7,9-10H,5-6,8H2,1-2H3,(H,18,20)(H,22,23). The lowest BCUT2D eigenvalue weighted by atomic mass is 10.1. The molecule has 0 aromatic heterocycles. The summed E-state index contributed by atoms with van der Waals surface area (Å²) in [6.45, 7) is 4.10. The van der Waals surface area contributed by atoms with Gasteiger partial charge in [0.05, 0.1) is 16.5 Å². The number of rotatable bonds is 4. The Morgan fingerprint density at radius 2 is 2.04 bits per heavy atom. The van der Waals surface area contributed by atoms with E-state index in [2.05, 4.69) is 5.32 Å². The van der Waals surface area contributed by atoms with E-state index in [1.54, 1.807) is 26.0 Å². The predicted molar refractivity (Wildman–Crippen MR) is 86.6 cm³/mol. The summed E-state index contributed by atoms with van der Waals surface area (Å²) in [5, 5.41) is 12.0. The number of aliphatic carboxylic acids is 1. The topological polar surface area (TPSA) is 86.7 Å². The third-order valence-corrected chi connectivity index (χ3v) is 4.14. The Hall–Kier alpha value is -2.08. The molecule has 1 aromatic carbocycles. The molecule has 2 rings (SSSR count). The second-order valence-corrected chi connectivity index (χ2v) is 6.32. The summed E-state index contributed by atoms with van der Waals surface area (Å²) < 4.78 is 0. The number of nitrogens with one attached hydrogen (secondary N) is 1. The highest BCUT2D eigenvalue weighted by molar-refractivity contribution is 6.34. The van der Waals surface area contributed by atoms with Crippen LogP contribution < -0.4 is 5.32 Å². The fourth-order valence-electron chi connectivity index (χ4n) is 2.37. The van der Waals surface area contributed by atoms with Gasteiger partial charge in [0.1, 0.15) is 0 Å². The van der Waals surface area contributed by atoms with E-state index >= 15 is 0 Å². The van der Waals surface area contributed by atoms with Crippen molar-refractivity contribution in [2.45, 2.75) is 20.3 Å². The van der Waals surface area contributed by atoms with E-state index in [9.17, 15) is 14.4 Å². The molecule has 1 atom stereocenters. The number of carboxylic acids is 1. The zero-order valence-electron chi connectivity index (χ0n) is 13.0. The van der Waals surface area contributed by atoms with Crippen LogP contribution in [0.1, 0.15) is 30.6 Å². The van der Waals surface area contributed by atoms with Crippen molar-refractivity contribution in [3.05, 3.63) is 28.8 Å². The maximum absolute atomic E-state index is 12.5. The van der Waals surface area contributed by atoms with Crippen molar-refractivity contribution in [2.24, 2.45) is 11.8 Å². The number of hydrogen-bond donors (Lipinski definition) is 2. The van der Waals surface area contributed by atoms with Crippen LogP contribution in [0.3, 0.4) is 0 Å². The van der Waals surface area contributed by atoms with Crippen molar-refractivity contribution >= 4 is 35.1 Å². The highest BCUT2D eigenvalue weighted by Crippen LogP contribution is 2.25. The van der Waals surface area contributed by atoms with E-state index in [0.717, 1.165) is 0 Å². The molecule has 0 bridgehead atoms. The van der Waals surface area contributed by atoms with Crippen LogP contribution in [0.4, 0.5) is 5.69 Å². The summed E-state index contributed by atoms with van der Waals surface area (Å²) in [6, 6.07) is 4.71. The molecule has 2 N–H and O–H groups in total. The molecule has 0 spiro atoms. The lowest BCUT2D eigenvalue weighted by molar-refractivity contribution is -0.141. The van der Waals surface area contributed by atoms with Gasteiger partial charge in [-0.25, -0.2) is 0 Å². The Morgan fingerprint density at radius 3 is 2.61 bits per heavy atom. The molecule has 7 heteroatoms. The average molecular weight is 339 g/mol. The number of likely N-dealkylation sites (tertiary alicyclic amines) is 1. The minimum absolute atomic E-state index is 0.155. The van der Waals surface area contributed by atoms with Crippen LogP contribution in [0, 0.1) is 11.8 Å². The summed E-state index contributed by atoms with van der Waals surface area (Å²) in [5.74, 6) is -2.09. The Bertz CT molecular complexity index is 645. The second-order valence-electron chi connectivity index (χ2n) is 5.91. The number of carbonyl (C=O) groups is 3. The van der Waals surface area contributed by atoms with Gasteiger partial charge in [-0.05, 0) is 24.6 Å². The van der Waals surface area contributed by atoms with Gasteiger partial charge in [0.2, 0.25) is 5.91 Å². The van der Waals surface area contributed by atoms with Crippen molar-refractivity contribution in [2.75, 3.05) is 18.4 Å². The quantitative estimate of drug-likeness (QED) is 0.883. The third kappa shape index (κ3) is 4.01. The first kappa shape index (κ1) is 17.3. The van der Waals surface area contributed by atoms with Crippen molar-refractivity contribution in [1.29, 1.82) is 0 Å². The number of amides is 2. The molecule has 124 valence electrons. The maximum atomic E-state index is 12.5. The number of carboxylic acid groups (broad SMARTS) is 1. The van der Waals surface area contributed by atoms with Gasteiger partial charge in [0, 0.05) is 24.7 Å². The van der Waals surface area contributed by atoms with Crippen LogP contribution in [0.15, 0.2) is 18.2 Å². The highest BCUT2D eigenvalue weighted by atomic mass is 35.5. The van der Waals surface area contributed by atoms with Crippen LogP contribution >= 0.6 is 11.6 Å². The normalized spacial score (nSPS) is 17.4. The van der Waals surface area contributed by atoms with E-state index in [1.165, 1.54) is 11.0 Å². The van der Waals surface area contributed by atoms with Gasteiger partial charge in [-0.2, -0.15) is 0 Å². The predicted octanol–water partition coefficient (Wildman–Crippen LogP) is 2.48. The number of hydrogen-bond acceptors (Lipinski definition) is 3. The number of nitrogens with zero attached hydrogens (tertiary/aromatic N) is 1. The van der Waals surface area contributed by atoms with Crippen LogP contribution in [0.2, 0.25) is 5.02 Å². The van der Waals surface area contributed by atoms with E-state index in [1.807, 2.05) is 0 Å². The first-order chi connectivity index (χ1) is 10.8. The first-order valence-corrected chi connectivity index (χ1v) is 7.80. The number of benzene rings is 1. The average Bonchev–Trinajstić information content (AvgIpc) is 2.98. The molecule has 0 radical (unpaired) electrons. The molecule has 23 heavy (non-hydrogen) atoms. The van der Waals surface area contributed by atoms with Crippen LogP contribution in [0.25, 0.3) is 0 Å². The Kier molecular flexibility index (Phi) is 5.26. The largest absolute Gasteiger partial charge is 0.481 e. The number of anilines is 1. The minimum Gasteiger partial charge on any atom is -0.481 e. The van der Waals surface area contributed by atoms with E-state index in [0.29, 0.717) is 18.7 Å². The van der Waals surface area contributed by atoms with Crippen molar-refractivity contribution < 1.29 is 19.5 Å². The van der Waals surface area contributed by atoms with Gasteiger partial charge < -0.3 is 15.3 Å². The van der Waals surface area contributed by atoms with Gasteiger partial charge in [0.25, 0.3) is 5.91 Å². The third-order valence-electron chi connectivity index (χ3n) is 3.81. The lowest BCUT2D eigenvalue weighted by Gasteiger charge is -2.17. The SMILES string of the molecule is CC(C)C(=O)Nc1ccc(Cl)c(C(=O)N2CCC(C(=O)O)C2)c1. The van der Waals surface area contributed by atoms with Crippen LogP contribution in [0.5, 0.6) is 0 Å². The summed E-state index contributed by atoms with van der Waals surface area (Å²) >= 11 is 6.09. The van der Waals surface area contributed by atoms with Gasteiger partial charge in [-0.1, -0.05) is 25.4 Å². The molecule has 0 aliphatic carbocycles. The number of carbonyl (C=O) groups excluding carboxylic acids is 2. The van der Waals surface area contributed by atoms with E-state index < -0.39 is 11.9 Å². The highest BCUT2D eigenvalue weighted by Gasteiger charge is 2.32. The summed E-state index contributed by atoms with van der Waals surface area (Å²) in [7, 11) is 0. The zero-order chi connectivity index (χ0) is 17.1. The van der Waals surface area contributed by atoms with Crippen LogP contribution in [-0.2, 0) is 9.59 Å². The second kappa shape index (κ2) is 7.00. The smallest absolute Gasteiger partial charge is 0.308 e. The molecule has 1 fully saturated rings. The molecule has 6 nitrogen and oxygen atoms in total. The van der Waals surface area contributed by atoms with Gasteiger partial charge >= 0.3 is 5.97 Å². The molecule has 0 saturated carbocycles. The molecule has 2 amide bonds. The summed E-state index contributed by atoms with van der Waals surface area (Å²) in [6.07, 6.45) is 0.433. The lowest BCUT2D eigenvalue weighted by Crippen LogP contribution is -2.30. The fraction of sp³-hybridized carbons (Fsp3) is 0.438. The Balaban J connectivity index is 2.17. The first-order valence-electron chi connectivity index (χ1n) is 7.42. The Labute approximate surface area is 139 Å².